The number of benzene rings is 1. The van der Waals surface area contributed by atoms with Crippen LogP contribution in [-0.4, -0.2) is 48.2 Å². The number of nitrogens with zero attached hydrogens (tertiary/aromatic N) is 1. The number of halogens is 1. The van der Waals surface area contributed by atoms with Gasteiger partial charge < -0.3 is 10.4 Å². The minimum absolute atomic E-state index is 0.190. The van der Waals surface area contributed by atoms with E-state index < -0.39 is 0 Å². The molecule has 1 aliphatic rings. The second-order valence-electron chi connectivity index (χ2n) is 6.32. The summed E-state index contributed by atoms with van der Waals surface area (Å²) in [6.07, 6.45) is 5.57. The number of rotatable bonds is 8. The van der Waals surface area contributed by atoms with Crippen LogP contribution < -0.4 is 5.32 Å². The molecule has 0 saturated carbocycles. The van der Waals surface area contributed by atoms with E-state index in [1.165, 1.54) is 12.1 Å². The summed E-state index contributed by atoms with van der Waals surface area (Å²) < 4.78 is 13.7. The Kier molecular flexibility index (Phi) is 7.40. The van der Waals surface area contributed by atoms with E-state index in [4.69, 9.17) is 0 Å². The Balaban J connectivity index is 1.68. The van der Waals surface area contributed by atoms with E-state index in [0.717, 1.165) is 38.8 Å². The molecule has 2 rings (SSSR count). The molecule has 4 nitrogen and oxygen atoms in total. The minimum atomic E-state index is -0.317. The third-order valence-electron chi connectivity index (χ3n) is 4.53. The van der Waals surface area contributed by atoms with Crippen LogP contribution in [0.15, 0.2) is 30.3 Å². The number of aliphatic hydroxyl groups excluding tert-OH is 1. The zero-order chi connectivity index (χ0) is 17.4. The first-order valence-electron chi connectivity index (χ1n) is 8.67. The summed E-state index contributed by atoms with van der Waals surface area (Å²) in [5.41, 5.74) is 1.07. The molecule has 0 aliphatic carbocycles. The summed E-state index contributed by atoms with van der Waals surface area (Å²) in [5.74, 6) is -0.506. The first-order chi connectivity index (χ1) is 11.6. The molecular weight excluding hydrogens is 307 g/mol. The van der Waals surface area contributed by atoms with Gasteiger partial charge in [0, 0.05) is 24.2 Å². The molecule has 1 heterocycles. The highest BCUT2D eigenvalue weighted by Crippen LogP contribution is 2.17. The second kappa shape index (κ2) is 9.55. The third-order valence-corrected chi connectivity index (χ3v) is 4.53. The van der Waals surface area contributed by atoms with Crippen molar-refractivity contribution in [1.29, 1.82) is 0 Å². The van der Waals surface area contributed by atoms with Crippen molar-refractivity contribution in [2.24, 2.45) is 0 Å². The lowest BCUT2D eigenvalue weighted by molar-refractivity contribution is -0.116. The molecule has 24 heavy (non-hydrogen) atoms. The molecule has 132 valence electrons. The molecule has 0 radical (unpaired) electrons. The number of allylic oxidation sites excluding steroid dienone is 1. The van der Waals surface area contributed by atoms with Gasteiger partial charge in [-0.25, -0.2) is 4.39 Å². The number of hydrogen-bond donors (Lipinski definition) is 2. The Hall–Kier alpha value is -1.72. The maximum absolute atomic E-state index is 13.7. The van der Waals surface area contributed by atoms with Crippen molar-refractivity contribution in [3.63, 3.8) is 0 Å². The number of likely N-dealkylation sites (tertiary alicyclic amines) is 1. The monoisotopic (exact) mass is 334 g/mol. The smallest absolute Gasteiger partial charge is 0.244 e. The second-order valence-corrected chi connectivity index (χ2v) is 6.32. The summed E-state index contributed by atoms with van der Waals surface area (Å²) in [6.45, 7) is 4.60. The number of aliphatic hydroxyl groups is 1. The number of carbonyl (C=O) groups excluding carboxylic acids is 1. The van der Waals surface area contributed by atoms with Gasteiger partial charge in [-0.3, -0.25) is 9.69 Å². The molecule has 2 N–H and O–H groups in total. The van der Waals surface area contributed by atoms with Gasteiger partial charge in [0.25, 0.3) is 0 Å². The van der Waals surface area contributed by atoms with E-state index in [1.54, 1.807) is 25.1 Å². The van der Waals surface area contributed by atoms with Crippen molar-refractivity contribution in [2.75, 3.05) is 26.2 Å². The lowest BCUT2D eigenvalue weighted by Gasteiger charge is -2.22. The summed E-state index contributed by atoms with van der Waals surface area (Å²) >= 11 is 0. The van der Waals surface area contributed by atoms with Gasteiger partial charge in [0.2, 0.25) is 5.91 Å². The summed E-state index contributed by atoms with van der Waals surface area (Å²) in [4.78, 5) is 14.2. The van der Waals surface area contributed by atoms with Crippen LogP contribution in [-0.2, 0) is 4.79 Å². The summed E-state index contributed by atoms with van der Waals surface area (Å²) in [7, 11) is 0. The minimum Gasteiger partial charge on any atom is -0.395 e. The maximum Gasteiger partial charge on any atom is 0.244 e. The molecule has 0 aromatic heterocycles. The Morgan fingerprint density at radius 1 is 1.42 bits per heavy atom. The number of amides is 1. The summed E-state index contributed by atoms with van der Waals surface area (Å²) in [5, 5.41) is 12.1. The van der Waals surface area contributed by atoms with Gasteiger partial charge in [-0.05, 0) is 57.3 Å². The van der Waals surface area contributed by atoms with Crippen molar-refractivity contribution in [1.82, 2.24) is 10.2 Å². The van der Waals surface area contributed by atoms with Crippen molar-refractivity contribution < 1.29 is 14.3 Å². The van der Waals surface area contributed by atoms with Crippen molar-refractivity contribution in [3.05, 3.63) is 41.7 Å². The van der Waals surface area contributed by atoms with E-state index in [2.05, 4.69) is 10.2 Å². The van der Waals surface area contributed by atoms with Gasteiger partial charge in [0.15, 0.2) is 0 Å². The molecule has 1 atom stereocenters. The van der Waals surface area contributed by atoms with E-state index in [0.29, 0.717) is 23.7 Å². The van der Waals surface area contributed by atoms with E-state index in [1.807, 2.05) is 0 Å². The van der Waals surface area contributed by atoms with Crippen LogP contribution >= 0.6 is 0 Å². The predicted octanol–water partition coefficient (Wildman–Crippen LogP) is 2.58. The van der Waals surface area contributed by atoms with Gasteiger partial charge in [0.05, 0.1) is 6.61 Å². The van der Waals surface area contributed by atoms with Crippen LogP contribution in [0.1, 0.15) is 38.2 Å². The Morgan fingerprint density at radius 2 is 2.21 bits per heavy atom. The molecule has 0 spiro atoms. The number of hydrogen-bond acceptors (Lipinski definition) is 3. The van der Waals surface area contributed by atoms with Crippen molar-refractivity contribution in [3.8, 4) is 0 Å². The SMILES string of the molecule is C/C(=C/C(=O)NCCCCN1CCCC1CO)c1ccccc1F. The first kappa shape index (κ1) is 18.6. The standard InChI is InChI=1S/C19H27FN2O2/c1-15(17-8-2-3-9-18(17)20)13-19(24)21-10-4-5-11-22-12-6-7-16(22)14-23/h2-3,8-9,13,16,23H,4-7,10-12,14H2,1H3,(H,21,24)/b15-13-. The van der Waals surface area contributed by atoms with Crippen LogP contribution in [0.3, 0.4) is 0 Å². The average molecular weight is 334 g/mol. The fourth-order valence-electron chi connectivity index (χ4n) is 3.15. The molecule has 1 amide bonds. The molecule has 5 heteroatoms. The Morgan fingerprint density at radius 3 is 2.96 bits per heavy atom. The number of carbonyl (C=O) groups is 1. The van der Waals surface area contributed by atoms with E-state index in [9.17, 15) is 14.3 Å². The van der Waals surface area contributed by atoms with Crippen LogP contribution in [0, 0.1) is 5.82 Å². The lowest BCUT2D eigenvalue weighted by atomic mass is 10.1. The zero-order valence-corrected chi connectivity index (χ0v) is 14.3. The molecule has 1 aromatic carbocycles. The molecule has 1 aromatic rings. The lowest BCUT2D eigenvalue weighted by Crippen LogP contribution is -2.33. The molecule has 1 aliphatic heterocycles. The first-order valence-corrected chi connectivity index (χ1v) is 8.67. The largest absolute Gasteiger partial charge is 0.395 e. The maximum atomic E-state index is 13.7. The van der Waals surface area contributed by atoms with Crippen molar-refractivity contribution >= 4 is 11.5 Å². The van der Waals surface area contributed by atoms with Gasteiger partial charge in [-0.1, -0.05) is 18.2 Å². The van der Waals surface area contributed by atoms with Gasteiger partial charge >= 0.3 is 0 Å². The fourth-order valence-corrected chi connectivity index (χ4v) is 3.15. The van der Waals surface area contributed by atoms with Gasteiger partial charge in [-0.2, -0.15) is 0 Å². The molecular formula is C19H27FN2O2. The van der Waals surface area contributed by atoms with E-state index in [-0.39, 0.29) is 18.3 Å². The van der Waals surface area contributed by atoms with Crippen molar-refractivity contribution in [2.45, 2.75) is 38.6 Å². The predicted molar refractivity (Wildman–Crippen MR) is 94.0 cm³/mol. The fraction of sp³-hybridized carbons (Fsp3) is 0.526. The van der Waals surface area contributed by atoms with Crippen LogP contribution in [0.5, 0.6) is 0 Å². The van der Waals surface area contributed by atoms with Crippen LogP contribution in [0.25, 0.3) is 5.57 Å². The summed E-state index contributed by atoms with van der Waals surface area (Å²) in [6, 6.07) is 6.76. The Bertz CT molecular complexity index is 574. The molecule has 1 unspecified atom stereocenters. The zero-order valence-electron chi connectivity index (χ0n) is 14.3. The number of unbranched alkanes of at least 4 members (excludes halogenated alkanes) is 1. The topological polar surface area (TPSA) is 52.6 Å². The normalized spacial score (nSPS) is 18.8. The van der Waals surface area contributed by atoms with Gasteiger partial charge in [-0.15, -0.1) is 0 Å². The highest BCUT2D eigenvalue weighted by atomic mass is 19.1. The third kappa shape index (κ3) is 5.42. The van der Waals surface area contributed by atoms with Gasteiger partial charge in [0.1, 0.15) is 5.82 Å². The number of nitrogens with one attached hydrogen (secondary N) is 1. The molecule has 1 fully saturated rings. The highest BCUT2D eigenvalue weighted by Gasteiger charge is 2.22. The average Bonchev–Trinajstić information content (AvgIpc) is 3.02. The molecule has 0 bridgehead atoms. The van der Waals surface area contributed by atoms with E-state index >= 15 is 0 Å². The Labute approximate surface area is 143 Å². The molecule has 1 saturated heterocycles. The quantitative estimate of drug-likeness (QED) is 0.567. The van der Waals surface area contributed by atoms with Crippen LogP contribution in [0.4, 0.5) is 4.39 Å². The highest BCUT2D eigenvalue weighted by molar-refractivity contribution is 5.94. The van der Waals surface area contributed by atoms with Crippen LogP contribution in [0.2, 0.25) is 0 Å².